The first kappa shape index (κ1) is 7.53. The lowest BCUT2D eigenvalue weighted by molar-refractivity contribution is 0.0600. The number of rotatable bonds is 2. The predicted molar refractivity (Wildman–Crippen MR) is 40.0 cm³/mol. The highest BCUT2D eigenvalue weighted by atomic mass is 16.5. The highest BCUT2D eigenvalue weighted by molar-refractivity contribution is 5.92. The molecule has 4 nitrogen and oxygen atoms in total. The molecule has 0 aliphatic heterocycles. The minimum absolute atomic E-state index is 0.405. The maximum atomic E-state index is 10.9. The lowest BCUT2D eigenvalue weighted by atomic mass is 10.2. The topological polar surface area (TPSA) is 55.0 Å². The lowest BCUT2D eigenvalue weighted by Crippen LogP contribution is -2.01. The summed E-state index contributed by atoms with van der Waals surface area (Å²) in [6.07, 6.45) is 2.96. The van der Waals surface area contributed by atoms with Crippen LogP contribution < -0.4 is 0 Å². The number of hydrogen-bond acceptors (Lipinski definition) is 3. The third kappa shape index (κ3) is 1.29. The van der Waals surface area contributed by atoms with Gasteiger partial charge in [-0.2, -0.15) is 5.10 Å². The van der Waals surface area contributed by atoms with E-state index in [4.69, 9.17) is 0 Å². The van der Waals surface area contributed by atoms with Gasteiger partial charge in [-0.25, -0.2) is 4.79 Å². The lowest BCUT2D eigenvalue weighted by Gasteiger charge is -1.93. The predicted octanol–water partition coefficient (Wildman–Crippen LogP) is 0.839. The van der Waals surface area contributed by atoms with Gasteiger partial charge in [0.25, 0.3) is 0 Å². The van der Waals surface area contributed by atoms with Crippen LogP contribution >= 0.6 is 0 Å². The van der Waals surface area contributed by atoms with E-state index < -0.39 is 5.97 Å². The van der Waals surface area contributed by atoms with E-state index in [0.29, 0.717) is 11.3 Å². The summed E-state index contributed by atoms with van der Waals surface area (Å²) in [5.74, 6) is -0.409. The molecule has 1 N–H and O–H groups in total. The van der Waals surface area contributed by atoms with Crippen molar-refractivity contribution in [3.63, 3.8) is 0 Å². The molecule has 1 rings (SSSR count). The quantitative estimate of drug-likeness (QED) is 0.639. The third-order valence-electron chi connectivity index (χ3n) is 1.27. The zero-order valence-electron chi connectivity index (χ0n) is 6.13. The van der Waals surface area contributed by atoms with Gasteiger partial charge in [0, 0.05) is 6.20 Å². The molecule has 0 aromatic carbocycles. The Kier molecular flexibility index (Phi) is 2.06. The van der Waals surface area contributed by atoms with E-state index in [0.717, 1.165) is 0 Å². The van der Waals surface area contributed by atoms with Gasteiger partial charge in [-0.1, -0.05) is 6.58 Å². The zero-order chi connectivity index (χ0) is 8.27. The van der Waals surface area contributed by atoms with Gasteiger partial charge in [0.1, 0.15) is 5.56 Å². The van der Waals surface area contributed by atoms with Crippen LogP contribution in [-0.4, -0.2) is 23.3 Å². The average Bonchev–Trinajstić information content (AvgIpc) is 2.50. The molecule has 1 aromatic rings. The number of nitrogens with zero attached hydrogens (tertiary/aromatic N) is 1. The van der Waals surface area contributed by atoms with Gasteiger partial charge < -0.3 is 4.74 Å². The molecular weight excluding hydrogens is 144 g/mol. The van der Waals surface area contributed by atoms with Gasteiger partial charge in [0.2, 0.25) is 0 Å². The monoisotopic (exact) mass is 152 g/mol. The first-order valence-electron chi connectivity index (χ1n) is 3.04. The number of aromatic nitrogens is 2. The van der Waals surface area contributed by atoms with Gasteiger partial charge in [-0.15, -0.1) is 0 Å². The summed E-state index contributed by atoms with van der Waals surface area (Å²) in [4.78, 5) is 10.9. The number of nitrogens with one attached hydrogen (secondary N) is 1. The van der Waals surface area contributed by atoms with Crippen molar-refractivity contribution in [2.24, 2.45) is 0 Å². The summed E-state index contributed by atoms with van der Waals surface area (Å²) in [6, 6.07) is 0. The van der Waals surface area contributed by atoms with Crippen LogP contribution in [0.1, 0.15) is 16.1 Å². The fourth-order valence-corrected chi connectivity index (χ4v) is 0.730. The average molecular weight is 152 g/mol. The Bertz CT molecular complexity index is 278. The van der Waals surface area contributed by atoms with Crippen LogP contribution in [0.2, 0.25) is 0 Å². The molecule has 1 aromatic heterocycles. The highest BCUT2D eigenvalue weighted by Crippen LogP contribution is 2.06. The van der Waals surface area contributed by atoms with E-state index in [9.17, 15) is 4.79 Å². The van der Waals surface area contributed by atoms with Crippen LogP contribution in [-0.2, 0) is 4.74 Å². The van der Waals surface area contributed by atoms with Crippen LogP contribution in [0.3, 0.4) is 0 Å². The normalized spacial score (nSPS) is 9.18. The third-order valence-corrected chi connectivity index (χ3v) is 1.27. The number of carbonyl (C=O) groups excluding carboxylic acids is 1. The zero-order valence-corrected chi connectivity index (χ0v) is 6.13. The highest BCUT2D eigenvalue weighted by Gasteiger charge is 2.10. The Balaban J connectivity index is 3.01. The molecule has 4 heteroatoms. The Morgan fingerprint density at radius 2 is 2.64 bits per heavy atom. The maximum Gasteiger partial charge on any atom is 0.341 e. The van der Waals surface area contributed by atoms with Crippen molar-refractivity contribution >= 4 is 12.0 Å². The molecule has 58 valence electrons. The van der Waals surface area contributed by atoms with Crippen LogP contribution in [0.4, 0.5) is 0 Å². The standard InChI is InChI=1S/C7H8N2O2/c1-3-6-5(4-8-9-6)7(10)11-2/h3-4H,1H2,2H3,(H,8,9). The summed E-state index contributed by atoms with van der Waals surface area (Å²) in [5.41, 5.74) is 0.916. The summed E-state index contributed by atoms with van der Waals surface area (Å²) in [7, 11) is 1.32. The number of aromatic amines is 1. The van der Waals surface area contributed by atoms with Gasteiger partial charge in [-0.05, 0) is 6.08 Å². The van der Waals surface area contributed by atoms with Crippen LogP contribution in [0, 0.1) is 0 Å². The second-order valence-corrected chi connectivity index (χ2v) is 1.88. The largest absolute Gasteiger partial charge is 0.465 e. The second kappa shape index (κ2) is 3.01. The van der Waals surface area contributed by atoms with Gasteiger partial charge in [-0.3, -0.25) is 5.10 Å². The van der Waals surface area contributed by atoms with Crippen LogP contribution in [0.15, 0.2) is 12.8 Å². The van der Waals surface area contributed by atoms with Crippen LogP contribution in [0.5, 0.6) is 0 Å². The Hall–Kier alpha value is -1.58. The van der Waals surface area contributed by atoms with E-state index in [-0.39, 0.29) is 0 Å². The van der Waals surface area contributed by atoms with Gasteiger partial charge in [0.15, 0.2) is 0 Å². The van der Waals surface area contributed by atoms with Crippen LogP contribution in [0.25, 0.3) is 6.08 Å². The molecule has 0 bridgehead atoms. The van der Waals surface area contributed by atoms with E-state index in [1.165, 1.54) is 19.4 Å². The fraction of sp³-hybridized carbons (Fsp3) is 0.143. The smallest absolute Gasteiger partial charge is 0.341 e. The number of esters is 1. The molecule has 0 aliphatic rings. The molecule has 0 saturated carbocycles. The maximum absolute atomic E-state index is 10.9. The van der Waals surface area contributed by atoms with Crippen molar-refractivity contribution in [1.82, 2.24) is 10.2 Å². The van der Waals surface area contributed by atoms with Crippen molar-refractivity contribution in [1.29, 1.82) is 0 Å². The Morgan fingerprint density at radius 1 is 1.91 bits per heavy atom. The molecule has 1 heterocycles. The van der Waals surface area contributed by atoms with Crippen molar-refractivity contribution < 1.29 is 9.53 Å². The molecule has 0 atom stereocenters. The SMILES string of the molecule is C=Cc1n[nH]cc1C(=O)OC. The first-order valence-corrected chi connectivity index (χ1v) is 3.04. The number of carbonyl (C=O) groups is 1. The van der Waals surface area contributed by atoms with Crippen molar-refractivity contribution in [3.05, 3.63) is 24.0 Å². The summed E-state index contributed by atoms with van der Waals surface area (Å²) in [6.45, 7) is 3.49. The number of H-pyrrole nitrogens is 1. The van der Waals surface area contributed by atoms with Crippen molar-refractivity contribution in [2.45, 2.75) is 0 Å². The van der Waals surface area contributed by atoms with E-state index in [2.05, 4.69) is 21.5 Å². The minimum atomic E-state index is -0.409. The summed E-state index contributed by atoms with van der Waals surface area (Å²) < 4.78 is 4.49. The molecule has 11 heavy (non-hydrogen) atoms. The van der Waals surface area contributed by atoms with E-state index in [1.807, 2.05) is 0 Å². The second-order valence-electron chi connectivity index (χ2n) is 1.88. The molecule has 0 radical (unpaired) electrons. The molecule has 0 spiro atoms. The fourth-order valence-electron chi connectivity index (χ4n) is 0.730. The molecule has 0 aliphatic carbocycles. The van der Waals surface area contributed by atoms with E-state index >= 15 is 0 Å². The van der Waals surface area contributed by atoms with Crippen molar-refractivity contribution in [3.8, 4) is 0 Å². The Morgan fingerprint density at radius 3 is 3.18 bits per heavy atom. The number of methoxy groups -OCH3 is 1. The molecule has 0 saturated heterocycles. The molecule has 0 fully saturated rings. The summed E-state index contributed by atoms with van der Waals surface area (Å²) >= 11 is 0. The molecule has 0 unspecified atom stereocenters. The van der Waals surface area contributed by atoms with E-state index in [1.54, 1.807) is 0 Å². The molecule has 0 amide bonds. The summed E-state index contributed by atoms with van der Waals surface area (Å²) in [5, 5.41) is 6.30. The van der Waals surface area contributed by atoms with Crippen molar-refractivity contribution in [2.75, 3.05) is 7.11 Å². The first-order chi connectivity index (χ1) is 5.29. The number of hydrogen-bond donors (Lipinski definition) is 1. The Labute approximate surface area is 63.9 Å². The minimum Gasteiger partial charge on any atom is -0.465 e. The van der Waals surface area contributed by atoms with Gasteiger partial charge in [0.05, 0.1) is 12.8 Å². The number of ether oxygens (including phenoxy) is 1. The molecular formula is C7H8N2O2. The van der Waals surface area contributed by atoms with Gasteiger partial charge >= 0.3 is 5.97 Å².